The molecule has 0 spiro atoms. The van der Waals surface area contributed by atoms with E-state index < -0.39 is 17.2 Å². The van der Waals surface area contributed by atoms with Crippen LogP contribution in [0.5, 0.6) is 0 Å². The average Bonchev–Trinajstić information content (AvgIpc) is 2.72. The third kappa shape index (κ3) is 5.23. The third-order valence-electron chi connectivity index (χ3n) is 6.58. The molecule has 0 atom stereocenters. The Morgan fingerprint density at radius 1 is 1.00 bits per heavy atom. The van der Waals surface area contributed by atoms with E-state index in [-0.39, 0.29) is 5.92 Å². The molecule has 3 heteroatoms. The van der Waals surface area contributed by atoms with E-state index in [9.17, 15) is 8.78 Å². The van der Waals surface area contributed by atoms with Crippen LogP contribution >= 0.6 is 0 Å². The van der Waals surface area contributed by atoms with E-state index in [1.54, 1.807) is 6.07 Å². The molecule has 2 aliphatic carbocycles. The zero-order valence-corrected chi connectivity index (χ0v) is 16.7. The third-order valence-corrected chi connectivity index (χ3v) is 6.58. The number of hydrogen-bond acceptors (Lipinski definition) is 1. The summed E-state index contributed by atoms with van der Waals surface area (Å²) in [5, 5.41) is 8.79. The van der Waals surface area contributed by atoms with Gasteiger partial charge in [0.05, 0.1) is 0 Å². The molecule has 3 rings (SSSR count). The summed E-state index contributed by atoms with van der Waals surface area (Å²) in [7, 11) is 0. The smallest absolute Gasteiger partial charge is 0.144 e. The second-order valence-electron chi connectivity index (χ2n) is 8.36. The van der Waals surface area contributed by atoms with Crippen LogP contribution in [0.4, 0.5) is 8.78 Å². The van der Waals surface area contributed by atoms with E-state index in [2.05, 4.69) is 24.8 Å². The summed E-state index contributed by atoms with van der Waals surface area (Å²) < 4.78 is 27.7. The fourth-order valence-electron chi connectivity index (χ4n) is 4.65. The van der Waals surface area contributed by atoms with Crippen LogP contribution in [0.15, 0.2) is 24.3 Å². The van der Waals surface area contributed by atoms with E-state index in [0.717, 1.165) is 31.6 Å². The second-order valence-corrected chi connectivity index (χ2v) is 8.36. The van der Waals surface area contributed by atoms with Crippen LogP contribution in [-0.2, 0) is 0 Å². The normalized spacial score (nSPS) is 27.8. The van der Waals surface area contributed by atoms with Crippen molar-refractivity contribution in [3.8, 4) is 17.9 Å². The van der Waals surface area contributed by atoms with Crippen LogP contribution in [0.2, 0.25) is 0 Å². The number of halogens is 2. The summed E-state index contributed by atoms with van der Waals surface area (Å²) in [5.41, 5.74) is 0.182. The van der Waals surface area contributed by atoms with Crippen LogP contribution in [0, 0.1) is 52.6 Å². The highest BCUT2D eigenvalue weighted by atomic mass is 19.1. The fourth-order valence-corrected chi connectivity index (χ4v) is 4.65. The summed E-state index contributed by atoms with van der Waals surface area (Å²) in [5.74, 6) is 7.22. The van der Waals surface area contributed by atoms with E-state index in [4.69, 9.17) is 5.26 Å². The van der Waals surface area contributed by atoms with E-state index >= 15 is 0 Å². The molecule has 0 heterocycles. The molecule has 0 N–H and O–H groups in total. The Labute approximate surface area is 167 Å². The van der Waals surface area contributed by atoms with Crippen molar-refractivity contribution < 1.29 is 8.78 Å². The molecular weight excluding hydrogens is 352 g/mol. The van der Waals surface area contributed by atoms with Gasteiger partial charge in [-0.15, -0.1) is 0 Å². The first-order valence-corrected chi connectivity index (χ1v) is 10.7. The van der Waals surface area contributed by atoms with Gasteiger partial charge in [-0.1, -0.05) is 31.3 Å². The Hall–Kier alpha value is -2.13. The second kappa shape index (κ2) is 9.88. The molecule has 28 heavy (non-hydrogen) atoms. The summed E-state index contributed by atoms with van der Waals surface area (Å²) in [6.07, 6.45) is 14.6. The summed E-state index contributed by atoms with van der Waals surface area (Å²) in [4.78, 5) is 0. The number of nitriles is 1. The van der Waals surface area contributed by atoms with Gasteiger partial charge in [0.15, 0.2) is 0 Å². The molecule has 2 saturated carbocycles. The molecule has 2 fully saturated rings. The van der Waals surface area contributed by atoms with Gasteiger partial charge in [-0.3, -0.25) is 0 Å². The molecule has 0 radical (unpaired) electrons. The maximum absolute atomic E-state index is 13.9. The monoisotopic (exact) mass is 381 g/mol. The Morgan fingerprint density at radius 3 is 2.21 bits per heavy atom. The van der Waals surface area contributed by atoms with Crippen molar-refractivity contribution in [3.63, 3.8) is 0 Å². The molecule has 0 saturated heterocycles. The van der Waals surface area contributed by atoms with Gasteiger partial charge in [0.1, 0.15) is 23.3 Å². The zero-order chi connectivity index (χ0) is 19.9. The molecule has 0 amide bonds. The first-order valence-electron chi connectivity index (χ1n) is 10.7. The molecule has 1 aromatic carbocycles. The number of rotatable bonds is 3. The van der Waals surface area contributed by atoms with Crippen molar-refractivity contribution in [2.75, 3.05) is 0 Å². The van der Waals surface area contributed by atoms with Gasteiger partial charge < -0.3 is 0 Å². The molecule has 1 nitrogen and oxygen atoms in total. The first-order chi connectivity index (χ1) is 13.6. The highest BCUT2D eigenvalue weighted by molar-refractivity contribution is 5.36. The lowest BCUT2D eigenvalue weighted by molar-refractivity contribution is 0.304. The average molecular weight is 382 g/mol. The van der Waals surface area contributed by atoms with Crippen molar-refractivity contribution in [2.24, 2.45) is 17.8 Å². The Bertz CT molecular complexity index is 769. The predicted molar refractivity (Wildman–Crippen MR) is 108 cm³/mol. The molecule has 0 bridgehead atoms. The van der Waals surface area contributed by atoms with Crippen molar-refractivity contribution in [1.29, 1.82) is 5.26 Å². The van der Waals surface area contributed by atoms with Crippen molar-refractivity contribution in [2.45, 2.75) is 70.6 Å². The summed E-state index contributed by atoms with van der Waals surface area (Å²) in [6, 6.07) is 4.24. The van der Waals surface area contributed by atoms with E-state index in [1.807, 2.05) is 6.08 Å². The van der Waals surface area contributed by atoms with Gasteiger partial charge in [0.25, 0.3) is 0 Å². The number of benzene rings is 1. The molecule has 0 unspecified atom stereocenters. The molecule has 0 aliphatic heterocycles. The van der Waals surface area contributed by atoms with Crippen LogP contribution in [0.1, 0.15) is 81.8 Å². The van der Waals surface area contributed by atoms with E-state index in [1.165, 1.54) is 44.2 Å². The SMILES string of the molecule is CCC1CCC(C=CC#CC2CCC(c3cc(F)c(C#N)c(F)c3)CC2)CC1. The van der Waals surface area contributed by atoms with Crippen LogP contribution in [-0.4, -0.2) is 0 Å². The van der Waals surface area contributed by atoms with Gasteiger partial charge in [-0.05, 0) is 92.9 Å². The largest absolute Gasteiger partial charge is 0.205 e. The summed E-state index contributed by atoms with van der Waals surface area (Å²) >= 11 is 0. The van der Waals surface area contributed by atoms with Crippen molar-refractivity contribution in [3.05, 3.63) is 47.0 Å². The van der Waals surface area contributed by atoms with E-state index in [0.29, 0.717) is 17.4 Å². The van der Waals surface area contributed by atoms with Crippen LogP contribution in [0.3, 0.4) is 0 Å². The minimum absolute atomic E-state index is 0.152. The quantitative estimate of drug-likeness (QED) is 0.523. The van der Waals surface area contributed by atoms with Gasteiger partial charge in [-0.25, -0.2) is 8.78 Å². The Morgan fingerprint density at radius 2 is 1.64 bits per heavy atom. The molecule has 0 aromatic heterocycles. The van der Waals surface area contributed by atoms with Crippen LogP contribution < -0.4 is 0 Å². The lowest BCUT2D eigenvalue weighted by Crippen LogP contribution is -2.13. The van der Waals surface area contributed by atoms with Crippen LogP contribution in [0.25, 0.3) is 0 Å². The highest BCUT2D eigenvalue weighted by Crippen LogP contribution is 2.36. The molecule has 148 valence electrons. The molecular formula is C25H29F2N. The fraction of sp³-hybridized carbons (Fsp3) is 0.560. The predicted octanol–water partition coefficient (Wildman–Crippen LogP) is 6.89. The number of nitrogens with zero attached hydrogens (tertiary/aromatic N) is 1. The van der Waals surface area contributed by atoms with Gasteiger partial charge in [-0.2, -0.15) is 5.26 Å². The molecule has 1 aromatic rings. The Kier molecular flexibility index (Phi) is 7.27. The molecule has 2 aliphatic rings. The zero-order valence-electron chi connectivity index (χ0n) is 16.7. The maximum atomic E-state index is 13.9. The van der Waals surface area contributed by atoms with Crippen molar-refractivity contribution in [1.82, 2.24) is 0 Å². The lowest BCUT2D eigenvalue weighted by Gasteiger charge is -2.26. The number of allylic oxidation sites excluding steroid dienone is 2. The minimum atomic E-state index is -0.752. The van der Waals surface area contributed by atoms with Gasteiger partial charge in [0, 0.05) is 5.92 Å². The lowest BCUT2D eigenvalue weighted by atomic mass is 9.78. The minimum Gasteiger partial charge on any atom is -0.205 e. The topological polar surface area (TPSA) is 23.8 Å². The van der Waals surface area contributed by atoms with Gasteiger partial charge >= 0.3 is 0 Å². The van der Waals surface area contributed by atoms with Gasteiger partial charge in [0.2, 0.25) is 0 Å². The standard InChI is InChI=1S/C25H29F2N/c1-2-18-7-9-19(10-8-18)5-3-4-6-20-11-13-21(14-12-20)22-15-24(26)23(17-28)25(27)16-22/h3,5,15-16,18-21H,2,7-14H2,1H3. The first kappa shape index (κ1) is 20.6. The highest BCUT2D eigenvalue weighted by Gasteiger charge is 2.23. The summed E-state index contributed by atoms with van der Waals surface area (Å²) in [6.45, 7) is 2.29. The number of hydrogen-bond donors (Lipinski definition) is 0. The maximum Gasteiger partial charge on any atom is 0.144 e. The Balaban J connectivity index is 1.48. The van der Waals surface area contributed by atoms with Crippen molar-refractivity contribution >= 4 is 0 Å².